The molecule has 1 aliphatic rings. The van der Waals surface area contributed by atoms with Gasteiger partial charge >= 0.3 is 0 Å². The van der Waals surface area contributed by atoms with E-state index in [1.165, 1.54) is 30.4 Å². The highest BCUT2D eigenvalue weighted by molar-refractivity contribution is 7.10. The molecule has 0 aliphatic heterocycles. The molecule has 2 aromatic rings. The number of hydrogen-bond donors (Lipinski definition) is 2. The second-order valence-corrected chi connectivity index (χ2v) is 6.78. The van der Waals surface area contributed by atoms with E-state index in [9.17, 15) is 0 Å². The van der Waals surface area contributed by atoms with Crippen LogP contribution in [0.5, 0.6) is 0 Å². The normalized spacial score (nSPS) is 16.9. The summed E-state index contributed by atoms with van der Waals surface area (Å²) in [6.07, 6.45) is 3.97. The summed E-state index contributed by atoms with van der Waals surface area (Å²) in [6, 6.07) is 8.73. The fourth-order valence-electron chi connectivity index (χ4n) is 2.70. The second-order valence-electron chi connectivity index (χ2n) is 5.49. The summed E-state index contributed by atoms with van der Waals surface area (Å²) in [6.45, 7) is 2.03. The third-order valence-electron chi connectivity index (χ3n) is 4.17. The minimum absolute atomic E-state index is 0.0266. The maximum Gasteiger partial charge on any atom is 0.0817 e. The minimum Gasteiger partial charge on any atom is -0.271 e. The van der Waals surface area contributed by atoms with Crippen molar-refractivity contribution in [2.45, 2.75) is 38.1 Å². The maximum atomic E-state index is 6.39. The number of benzene rings is 1. The SMILES string of the molecule is Cc1csc(C(NN)c2cccc(C3CCC3)c2)c1Cl. The molecule has 1 aliphatic carbocycles. The quantitative estimate of drug-likeness (QED) is 0.643. The van der Waals surface area contributed by atoms with Crippen LogP contribution in [-0.2, 0) is 0 Å². The van der Waals surface area contributed by atoms with Crippen LogP contribution < -0.4 is 11.3 Å². The van der Waals surface area contributed by atoms with Crippen LogP contribution in [0.15, 0.2) is 29.6 Å². The highest BCUT2D eigenvalue weighted by atomic mass is 35.5. The minimum atomic E-state index is -0.0266. The first kappa shape index (κ1) is 14.1. The van der Waals surface area contributed by atoms with Gasteiger partial charge in [0.2, 0.25) is 0 Å². The first-order chi connectivity index (χ1) is 9.70. The standard InChI is InChI=1S/C16H19ClN2S/c1-10-9-20-16(14(10)17)15(19-18)13-7-3-6-12(8-13)11-4-2-5-11/h3,6-9,11,15,19H,2,4-5,18H2,1H3. The molecular weight excluding hydrogens is 288 g/mol. The summed E-state index contributed by atoms with van der Waals surface area (Å²) in [5.74, 6) is 6.52. The van der Waals surface area contributed by atoms with Crippen molar-refractivity contribution in [3.63, 3.8) is 0 Å². The van der Waals surface area contributed by atoms with E-state index in [1.54, 1.807) is 11.3 Å². The molecule has 0 radical (unpaired) electrons. The molecule has 2 nitrogen and oxygen atoms in total. The van der Waals surface area contributed by atoms with Gasteiger partial charge in [0.1, 0.15) is 0 Å². The smallest absolute Gasteiger partial charge is 0.0817 e. The number of nitrogens with one attached hydrogen (secondary N) is 1. The summed E-state index contributed by atoms with van der Waals surface area (Å²) < 4.78 is 0. The molecule has 1 saturated carbocycles. The highest BCUT2D eigenvalue weighted by Crippen LogP contribution is 2.39. The van der Waals surface area contributed by atoms with Gasteiger partial charge in [-0.05, 0) is 47.8 Å². The van der Waals surface area contributed by atoms with Crippen LogP contribution in [0.1, 0.15) is 52.8 Å². The number of rotatable bonds is 4. The molecule has 0 saturated heterocycles. The van der Waals surface area contributed by atoms with Gasteiger partial charge in [-0.3, -0.25) is 5.84 Å². The maximum absolute atomic E-state index is 6.39. The Morgan fingerprint density at radius 2 is 2.20 bits per heavy atom. The molecular formula is C16H19ClN2S. The average molecular weight is 307 g/mol. The fraction of sp³-hybridized carbons (Fsp3) is 0.375. The molecule has 20 heavy (non-hydrogen) atoms. The predicted octanol–water partition coefficient (Wildman–Crippen LogP) is 4.53. The molecule has 1 aromatic heterocycles. The van der Waals surface area contributed by atoms with Crippen molar-refractivity contribution in [2.24, 2.45) is 5.84 Å². The lowest BCUT2D eigenvalue weighted by Gasteiger charge is -2.27. The van der Waals surface area contributed by atoms with E-state index < -0.39 is 0 Å². The third kappa shape index (κ3) is 2.51. The monoisotopic (exact) mass is 306 g/mol. The zero-order valence-corrected chi connectivity index (χ0v) is 13.1. The van der Waals surface area contributed by atoms with Crippen molar-refractivity contribution in [3.8, 4) is 0 Å². The van der Waals surface area contributed by atoms with Crippen molar-refractivity contribution in [2.75, 3.05) is 0 Å². The number of halogens is 1. The van der Waals surface area contributed by atoms with Crippen LogP contribution in [0, 0.1) is 6.92 Å². The predicted molar refractivity (Wildman–Crippen MR) is 86.3 cm³/mol. The van der Waals surface area contributed by atoms with E-state index in [-0.39, 0.29) is 6.04 Å². The van der Waals surface area contributed by atoms with Gasteiger partial charge in [0, 0.05) is 4.88 Å². The van der Waals surface area contributed by atoms with Gasteiger partial charge in [-0.1, -0.05) is 42.3 Å². The molecule has 106 valence electrons. The van der Waals surface area contributed by atoms with Crippen molar-refractivity contribution >= 4 is 22.9 Å². The first-order valence-corrected chi connectivity index (χ1v) is 8.26. The zero-order valence-electron chi connectivity index (χ0n) is 11.5. The van der Waals surface area contributed by atoms with E-state index in [2.05, 4.69) is 35.1 Å². The van der Waals surface area contributed by atoms with Gasteiger partial charge < -0.3 is 0 Å². The molecule has 1 unspecified atom stereocenters. The molecule has 1 fully saturated rings. The van der Waals surface area contributed by atoms with Gasteiger partial charge in [-0.2, -0.15) is 0 Å². The van der Waals surface area contributed by atoms with Crippen LogP contribution in [0.2, 0.25) is 5.02 Å². The molecule has 0 amide bonds. The Labute approximate surface area is 128 Å². The zero-order chi connectivity index (χ0) is 14.1. The molecule has 0 bridgehead atoms. The summed E-state index contributed by atoms with van der Waals surface area (Å²) in [5, 5.41) is 2.91. The Bertz CT molecular complexity index is 604. The summed E-state index contributed by atoms with van der Waals surface area (Å²) in [5.41, 5.74) is 6.65. The lowest BCUT2D eigenvalue weighted by molar-refractivity contribution is 0.419. The summed E-state index contributed by atoms with van der Waals surface area (Å²) in [4.78, 5) is 1.09. The second kappa shape index (κ2) is 5.86. The van der Waals surface area contributed by atoms with E-state index >= 15 is 0 Å². The number of nitrogens with two attached hydrogens (primary N) is 1. The van der Waals surface area contributed by atoms with Gasteiger partial charge in [0.15, 0.2) is 0 Å². The topological polar surface area (TPSA) is 38.0 Å². The van der Waals surface area contributed by atoms with Gasteiger partial charge in [0.05, 0.1) is 11.1 Å². The van der Waals surface area contributed by atoms with Crippen molar-refractivity contribution in [1.82, 2.24) is 5.43 Å². The largest absolute Gasteiger partial charge is 0.271 e. The lowest BCUT2D eigenvalue weighted by Crippen LogP contribution is -2.28. The molecule has 3 rings (SSSR count). The van der Waals surface area contributed by atoms with E-state index in [1.807, 2.05) is 6.92 Å². The Hall–Kier alpha value is -0.870. The Balaban J connectivity index is 1.94. The molecule has 0 spiro atoms. The van der Waals surface area contributed by atoms with Crippen molar-refractivity contribution < 1.29 is 0 Å². The molecule has 1 atom stereocenters. The Morgan fingerprint density at radius 1 is 1.40 bits per heavy atom. The van der Waals surface area contributed by atoms with Crippen LogP contribution in [0.25, 0.3) is 0 Å². The molecule has 1 aromatic carbocycles. The lowest BCUT2D eigenvalue weighted by atomic mass is 9.79. The van der Waals surface area contributed by atoms with Crippen LogP contribution in [-0.4, -0.2) is 0 Å². The van der Waals surface area contributed by atoms with Crippen molar-refractivity contribution in [1.29, 1.82) is 0 Å². The van der Waals surface area contributed by atoms with Crippen molar-refractivity contribution in [3.05, 3.63) is 56.2 Å². The van der Waals surface area contributed by atoms with Crippen LogP contribution in [0.3, 0.4) is 0 Å². The summed E-state index contributed by atoms with van der Waals surface area (Å²) >= 11 is 8.05. The fourth-order valence-corrected chi connectivity index (χ4v) is 4.09. The Morgan fingerprint density at radius 3 is 2.75 bits per heavy atom. The molecule has 3 N–H and O–H groups in total. The van der Waals surface area contributed by atoms with E-state index in [0.29, 0.717) is 0 Å². The van der Waals surface area contributed by atoms with Gasteiger partial charge in [-0.25, -0.2) is 5.43 Å². The molecule has 1 heterocycles. The summed E-state index contributed by atoms with van der Waals surface area (Å²) in [7, 11) is 0. The number of thiophene rings is 1. The highest BCUT2D eigenvalue weighted by Gasteiger charge is 2.22. The first-order valence-electron chi connectivity index (χ1n) is 7.00. The van der Waals surface area contributed by atoms with Crippen LogP contribution in [0.4, 0.5) is 0 Å². The molecule has 4 heteroatoms. The number of hydrogen-bond acceptors (Lipinski definition) is 3. The third-order valence-corrected chi connectivity index (χ3v) is 5.95. The van der Waals surface area contributed by atoms with Gasteiger partial charge in [0.25, 0.3) is 0 Å². The number of hydrazine groups is 1. The Kier molecular flexibility index (Phi) is 4.13. The average Bonchev–Trinajstić information content (AvgIpc) is 2.71. The van der Waals surface area contributed by atoms with E-state index in [4.69, 9.17) is 17.4 Å². The van der Waals surface area contributed by atoms with Crippen LogP contribution >= 0.6 is 22.9 Å². The van der Waals surface area contributed by atoms with E-state index in [0.717, 1.165) is 21.4 Å². The number of aryl methyl sites for hydroxylation is 1. The van der Waals surface area contributed by atoms with Gasteiger partial charge in [-0.15, -0.1) is 11.3 Å².